The van der Waals surface area contributed by atoms with Crippen LogP contribution in [0.3, 0.4) is 0 Å². The van der Waals surface area contributed by atoms with Crippen LogP contribution in [0.1, 0.15) is 16.1 Å². The van der Waals surface area contributed by atoms with E-state index in [1.54, 1.807) is 36.6 Å². The molecular weight excluding hydrogens is 458 g/mol. The molecule has 2 N–H and O–H groups in total. The Morgan fingerprint density at radius 2 is 1.96 bits per heavy atom. The van der Waals surface area contributed by atoms with Gasteiger partial charge in [-0.3, -0.25) is 4.79 Å². The van der Waals surface area contributed by atoms with Crippen molar-refractivity contribution in [1.82, 2.24) is 5.16 Å². The molecule has 1 amide bonds. The van der Waals surface area contributed by atoms with E-state index < -0.39 is 15.9 Å². The molecule has 0 fully saturated rings. The van der Waals surface area contributed by atoms with Crippen LogP contribution in [0.25, 0.3) is 0 Å². The van der Waals surface area contributed by atoms with Gasteiger partial charge in [-0.15, -0.1) is 11.3 Å². The Balaban J connectivity index is 1.82. The third-order valence-corrected chi connectivity index (χ3v) is 6.78. The van der Waals surface area contributed by atoms with Crippen molar-refractivity contribution in [3.8, 4) is 5.75 Å². The number of amides is 1. The van der Waals surface area contributed by atoms with Crippen LogP contribution in [-0.2, 0) is 10.0 Å². The normalized spacial score (nSPS) is 11.2. The van der Waals surface area contributed by atoms with Gasteiger partial charge in [-0.1, -0.05) is 5.16 Å². The second-order valence-electron chi connectivity index (χ2n) is 5.31. The van der Waals surface area contributed by atoms with Gasteiger partial charge in [-0.05, 0) is 58.6 Å². The predicted molar refractivity (Wildman–Crippen MR) is 105 cm³/mol. The van der Waals surface area contributed by atoms with Gasteiger partial charge in [-0.25, -0.2) is 13.1 Å². The number of anilines is 2. The zero-order valence-electron chi connectivity index (χ0n) is 14.1. The molecule has 142 valence electrons. The number of nitrogens with zero attached hydrogens (tertiary/aromatic N) is 1. The number of thiophene rings is 1. The molecule has 1 aromatic carbocycles. The van der Waals surface area contributed by atoms with Gasteiger partial charge >= 0.3 is 0 Å². The van der Waals surface area contributed by atoms with E-state index in [1.807, 2.05) is 0 Å². The van der Waals surface area contributed by atoms with Crippen LogP contribution in [0.15, 0.2) is 49.6 Å². The van der Waals surface area contributed by atoms with E-state index >= 15 is 0 Å². The molecular formula is C16H14BrN3O5S2. The van der Waals surface area contributed by atoms with Crippen molar-refractivity contribution < 1.29 is 22.5 Å². The zero-order valence-corrected chi connectivity index (χ0v) is 17.4. The average molecular weight is 472 g/mol. The monoisotopic (exact) mass is 471 g/mol. The lowest BCUT2D eigenvalue weighted by Gasteiger charge is -2.08. The molecule has 27 heavy (non-hydrogen) atoms. The molecule has 3 rings (SSSR count). The summed E-state index contributed by atoms with van der Waals surface area (Å²) in [6.07, 6.45) is 0. The molecule has 0 spiro atoms. The van der Waals surface area contributed by atoms with Crippen molar-refractivity contribution in [3.63, 3.8) is 0 Å². The number of carbonyl (C=O) groups excluding carboxylic acids is 1. The second-order valence-corrected chi connectivity index (χ2v) is 8.67. The largest absolute Gasteiger partial charge is 0.497 e. The molecule has 0 saturated heterocycles. The smallest absolute Gasteiger partial charge is 0.267 e. The number of hydrogen-bond acceptors (Lipinski definition) is 7. The van der Waals surface area contributed by atoms with E-state index in [4.69, 9.17) is 9.26 Å². The van der Waals surface area contributed by atoms with Crippen LogP contribution < -0.4 is 14.8 Å². The highest BCUT2D eigenvalue weighted by atomic mass is 79.9. The van der Waals surface area contributed by atoms with E-state index in [2.05, 4.69) is 31.1 Å². The lowest BCUT2D eigenvalue weighted by atomic mass is 10.2. The lowest BCUT2D eigenvalue weighted by molar-refractivity contribution is 0.102. The van der Waals surface area contributed by atoms with Crippen LogP contribution in [0, 0.1) is 6.92 Å². The summed E-state index contributed by atoms with van der Waals surface area (Å²) in [4.78, 5) is 12.3. The number of sulfonamides is 1. The first-order valence-electron chi connectivity index (χ1n) is 7.49. The Labute approximate surface area is 167 Å². The van der Waals surface area contributed by atoms with Gasteiger partial charge in [0.05, 0.1) is 12.8 Å². The Hall–Kier alpha value is -2.37. The van der Waals surface area contributed by atoms with Gasteiger partial charge in [0.25, 0.3) is 21.8 Å². The number of halogens is 1. The highest BCUT2D eigenvalue weighted by molar-refractivity contribution is 9.10. The number of aromatic nitrogens is 1. The minimum Gasteiger partial charge on any atom is -0.497 e. The highest BCUT2D eigenvalue weighted by Crippen LogP contribution is 2.32. The summed E-state index contributed by atoms with van der Waals surface area (Å²) in [6.45, 7) is 1.66. The number of benzene rings is 1. The summed E-state index contributed by atoms with van der Waals surface area (Å²) < 4.78 is 38.1. The SMILES string of the molecule is COc1ccc(C(=O)Nc2sccc2S(=O)(=O)Nc2onc(C)c2Br)cc1. The van der Waals surface area contributed by atoms with Crippen molar-refractivity contribution in [3.05, 3.63) is 51.4 Å². The maximum atomic E-state index is 12.7. The minimum absolute atomic E-state index is 0.0360. The fraction of sp³-hybridized carbons (Fsp3) is 0.125. The van der Waals surface area contributed by atoms with Gasteiger partial charge in [0, 0.05) is 5.56 Å². The lowest BCUT2D eigenvalue weighted by Crippen LogP contribution is -2.17. The fourth-order valence-electron chi connectivity index (χ4n) is 2.12. The third kappa shape index (κ3) is 4.15. The van der Waals surface area contributed by atoms with E-state index in [0.29, 0.717) is 21.5 Å². The summed E-state index contributed by atoms with van der Waals surface area (Å²) in [7, 11) is -2.46. The Morgan fingerprint density at radius 1 is 1.26 bits per heavy atom. The molecule has 0 unspecified atom stereocenters. The minimum atomic E-state index is -3.99. The van der Waals surface area contributed by atoms with E-state index in [9.17, 15) is 13.2 Å². The van der Waals surface area contributed by atoms with Crippen molar-refractivity contribution >= 4 is 54.1 Å². The number of nitrogens with one attached hydrogen (secondary N) is 2. The third-order valence-electron chi connectivity index (χ3n) is 3.52. The molecule has 0 radical (unpaired) electrons. The van der Waals surface area contributed by atoms with Crippen LogP contribution in [0.4, 0.5) is 10.9 Å². The van der Waals surface area contributed by atoms with Crippen molar-refractivity contribution in [1.29, 1.82) is 0 Å². The molecule has 0 aliphatic heterocycles. The van der Waals surface area contributed by atoms with Crippen molar-refractivity contribution in [2.24, 2.45) is 0 Å². The van der Waals surface area contributed by atoms with Gasteiger partial charge in [0.2, 0.25) is 0 Å². The number of ether oxygens (including phenoxy) is 1. The molecule has 8 nitrogen and oxygen atoms in total. The van der Waals surface area contributed by atoms with Crippen LogP contribution in [0.2, 0.25) is 0 Å². The molecule has 0 bridgehead atoms. The van der Waals surface area contributed by atoms with Crippen molar-refractivity contribution in [2.75, 3.05) is 17.1 Å². The molecule has 11 heteroatoms. The quantitative estimate of drug-likeness (QED) is 0.564. The number of hydrogen-bond donors (Lipinski definition) is 2. The van der Waals surface area contributed by atoms with Gasteiger partial charge < -0.3 is 14.6 Å². The first kappa shape index (κ1) is 19.4. The topological polar surface area (TPSA) is 111 Å². The number of methoxy groups -OCH3 is 1. The Morgan fingerprint density at radius 3 is 2.56 bits per heavy atom. The molecule has 0 aliphatic rings. The Kier molecular flexibility index (Phi) is 5.53. The molecule has 2 aromatic heterocycles. The zero-order chi connectivity index (χ0) is 19.6. The van der Waals surface area contributed by atoms with Crippen LogP contribution in [-0.4, -0.2) is 26.6 Å². The fourth-order valence-corrected chi connectivity index (χ4v) is 4.76. The van der Waals surface area contributed by atoms with E-state index in [1.165, 1.54) is 13.2 Å². The standard InChI is InChI=1S/C16H14BrN3O5S2/c1-9-13(17)15(25-19-9)20-27(22,23)12-7-8-26-16(12)18-14(21)10-3-5-11(24-2)6-4-10/h3-8,20H,1-2H3,(H,18,21). The maximum absolute atomic E-state index is 12.7. The summed E-state index contributed by atoms with van der Waals surface area (Å²) in [5.74, 6) is 0.141. The van der Waals surface area contributed by atoms with Gasteiger partial charge in [-0.2, -0.15) is 0 Å². The predicted octanol–water partition coefficient (Wildman–Crippen LogP) is 3.87. The molecule has 2 heterocycles. The second kappa shape index (κ2) is 7.71. The molecule has 0 atom stereocenters. The summed E-state index contributed by atoms with van der Waals surface area (Å²) >= 11 is 4.30. The summed E-state index contributed by atoms with van der Waals surface area (Å²) in [5.41, 5.74) is 0.875. The van der Waals surface area contributed by atoms with Crippen LogP contribution >= 0.6 is 27.3 Å². The van der Waals surface area contributed by atoms with Gasteiger partial charge in [0.15, 0.2) is 0 Å². The van der Waals surface area contributed by atoms with Crippen LogP contribution in [0.5, 0.6) is 5.75 Å². The number of aryl methyl sites for hydroxylation is 1. The van der Waals surface area contributed by atoms with Gasteiger partial charge in [0.1, 0.15) is 20.1 Å². The maximum Gasteiger partial charge on any atom is 0.267 e. The molecule has 0 saturated carbocycles. The van der Waals surface area contributed by atoms with E-state index in [0.717, 1.165) is 11.3 Å². The molecule has 0 aliphatic carbocycles. The average Bonchev–Trinajstić information content (AvgIpc) is 3.24. The molecule has 3 aromatic rings. The van der Waals surface area contributed by atoms with Crippen molar-refractivity contribution in [2.45, 2.75) is 11.8 Å². The first-order valence-corrected chi connectivity index (χ1v) is 10.6. The number of carbonyl (C=O) groups is 1. The Bertz CT molecular complexity index is 1070. The summed E-state index contributed by atoms with van der Waals surface area (Å²) in [5, 5.41) is 8.06. The highest BCUT2D eigenvalue weighted by Gasteiger charge is 2.25. The van der Waals surface area contributed by atoms with E-state index in [-0.39, 0.29) is 15.8 Å². The first-order chi connectivity index (χ1) is 12.8. The summed E-state index contributed by atoms with van der Waals surface area (Å²) in [6, 6.07) is 7.86. The number of rotatable bonds is 6.